The van der Waals surface area contributed by atoms with Gasteiger partial charge in [0.2, 0.25) is 0 Å². The van der Waals surface area contributed by atoms with Crippen molar-refractivity contribution in [1.82, 2.24) is 0 Å². The number of rotatable bonds is 1. The second-order valence-corrected chi connectivity index (χ2v) is 3.38. The minimum Gasteiger partial charge on any atom is -0.479 e. The minimum absolute atomic E-state index is 0.0276. The van der Waals surface area contributed by atoms with Crippen LogP contribution in [-0.4, -0.2) is 36.5 Å². The minimum atomic E-state index is -0.847. The molecule has 0 spiro atoms. The molecule has 3 unspecified atom stereocenters. The van der Waals surface area contributed by atoms with Gasteiger partial charge in [-0.25, -0.2) is 4.79 Å². The molecule has 0 aromatic heterocycles. The normalized spacial score (nSPS) is 40.8. The van der Waals surface area contributed by atoms with Gasteiger partial charge in [-0.3, -0.25) is 0 Å². The number of fused-ring (bicyclic) bond motifs is 1. The second-order valence-electron chi connectivity index (χ2n) is 3.38. The SMILES string of the molecule is O=C(O)C1CCC2COCC2O1. The molecule has 2 aliphatic heterocycles. The summed E-state index contributed by atoms with van der Waals surface area (Å²) in [5, 5.41) is 8.69. The Morgan fingerprint density at radius 1 is 1.33 bits per heavy atom. The molecular formula is C8H12O4. The predicted octanol–water partition coefficient (Wildman–Crippen LogP) is 0.265. The fourth-order valence-electron chi connectivity index (χ4n) is 1.82. The van der Waals surface area contributed by atoms with Crippen LogP contribution in [-0.2, 0) is 14.3 Å². The molecular weight excluding hydrogens is 160 g/mol. The van der Waals surface area contributed by atoms with Crippen molar-refractivity contribution in [3.8, 4) is 0 Å². The monoisotopic (exact) mass is 172 g/mol. The van der Waals surface area contributed by atoms with Gasteiger partial charge in [0.05, 0.1) is 19.3 Å². The topological polar surface area (TPSA) is 55.8 Å². The van der Waals surface area contributed by atoms with Gasteiger partial charge in [0.1, 0.15) is 0 Å². The summed E-state index contributed by atoms with van der Waals surface area (Å²) in [6.07, 6.45) is 0.967. The molecule has 3 atom stereocenters. The third-order valence-electron chi connectivity index (χ3n) is 2.55. The van der Waals surface area contributed by atoms with E-state index in [4.69, 9.17) is 14.6 Å². The Labute approximate surface area is 70.5 Å². The van der Waals surface area contributed by atoms with Crippen molar-refractivity contribution in [3.05, 3.63) is 0 Å². The average Bonchev–Trinajstić information content (AvgIpc) is 2.49. The molecule has 0 amide bonds. The lowest BCUT2D eigenvalue weighted by molar-refractivity contribution is -0.161. The Morgan fingerprint density at radius 2 is 2.17 bits per heavy atom. The zero-order chi connectivity index (χ0) is 8.55. The Morgan fingerprint density at radius 3 is 2.92 bits per heavy atom. The third-order valence-corrected chi connectivity index (χ3v) is 2.55. The van der Waals surface area contributed by atoms with E-state index in [0.717, 1.165) is 13.0 Å². The molecule has 1 N–H and O–H groups in total. The van der Waals surface area contributed by atoms with E-state index in [2.05, 4.69) is 0 Å². The van der Waals surface area contributed by atoms with E-state index in [1.807, 2.05) is 0 Å². The summed E-state index contributed by atoms with van der Waals surface area (Å²) in [5.74, 6) is -0.416. The van der Waals surface area contributed by atoms with Gasteiger partial charge in [0.15, 0.2) is 6.10 Å². The van der Waals surface area contributed by atoms with Gasteiger partial charge in [-0.2, -0.15) is 0 Å². The molecule has 4 heteroatoms. The van der Waals surface area contributed by atoms with Gasteiger partial charge in [-0.15, -0.1) is 0 Å². The molecule has 2 saturated heterocycles. The van der Waals surface area contributed by atoms with Crippen LogP contribution in [0.2, 0.25) is 0 Å². The summed E-state index contributed by atoms with van der Waals surface area (Å²) in [7, 11) is 0. The smallest absolute Gasteiger partial charge is 0.332 e. The number of aliphatic carboxylic acids is 1. The first-order valence-corrected chi connectivity index (χ1v) is 4.23. The van der Waals surface area contributed by atoms with Crippen LogP contribution in [0, 0.1) is 5.92 Å². The third kappa shape index (κ3) is 1.32. The molecule has 0 aromatic rings. The van der Waals surface area contributed by atoms with Crippen LogP contribution in [0.15, 0.2) is 0 Å². The van der Waals surface area contributed by atoms with Crippen LogP contribution in [0.5, 0.6) is 0 Å². The molecule has 0 aromatic carbocycles. The predicted molar refractivity (Wildman–Crippen MR) is 39.8 cm³/mol. The quantitative estimate of drug-likeness (QED) is 0.616. The van der Waals surface area contributed by atoms with Crippen LogP contribution >= 0.6 is 0 Å². The Hall–Kier alpha value is -0.610. The molecule has 2 heterocycles. The van der Waals surface area contributed by atoms with Gasteiger partial charge in [-0.1, -0.05) is 0 Å². The van der Waals surface area contributed by atoms with Crippen LogP contribution in [0.3, 0.4) is 0 Å². The van der Waals surface area contributed by atoms with E-state index in [0.29, 0.717) is 18.9 Å². The van der Waals surface area contributed by atoms with E-state index in [-0.39, 0.29) is 6.10 Å². The molecule has 0 aliphatic carbocycles. The fourth-order valence-corrected chi connectivity index (χ4v) is 1.82. The van der Waals surface area contributed by atoms with E-state index in [1.165, 1.54) is 0 Å². The van der Waals surface area contributed by atoms with Crippen molar-refractivity contribution in [2.24, 2.45) is 5.92 Å². The van der Waals surface area contributed by atoms with Gasteiger partial charge in [0, 0.05) is 5.92 Å². The first-order chi connectivity index (χ1) is 5.77. The molecule has 12 heavy (non-hydrogen) atoms. The first-order valence-electron chi connectivity index (χ1n) is 4.23. The zero-order valence-corrected chi connectivity index (χ0v) is 6.73. The fraction of sp³-hybridized carbons (Fsp3) is 0.875. The van der Waals surface area contributed by atoms with Crippen molar-refractivity contribution in [2.45, 2.75) is 25.0 Å². The lowest BCUT2D eigenvalue weighted by Crippen LogP contribution is -2.38. The summed E-state index contributed by atoms with van der Waals surface area (Å²) < 4.78 is 10.5. The number of carboxylic acid groups (broad SMARTS) is 1. The van der Waals surface area contributed by atoms with E-state index in [1.54, 1.807) is 0 Å². The number of carbonyl (C=O) groups is 1. The van der Waals surface area contributed by atoms with Crippen LogP contribution < -0.4 is 0 Å². The zero-order valence-electron chi connectivity index (χ0n) is 6.73. The summed E-state index contributed by atoms with van der Waals surface area (Å²) in [5.41, 5.74) is 0. The maximum atomic E-state index is 10.6. The van der Waals surface area contributed by atoms with Crippen molar-refractivity contribution < 1.29 is 19.4 Å². The lowest BCUT2D eigenvalue weighted by atomic mass is 9.94. The number of hydrogen-bond donors (Lipinski definition) is 1. The molecule has 0 saturated carbocycles. The highest BCUT2D eigenvalue weighted by Crippen LogP contribution is 2.29. The van der Waals surface area contributed by atoms with Gasteiger partial charge in [0.25, 0.3) is 0 Å². The second kappa shape index (κ2) is 3.03. The van der Waals surface area contributed by atoms with E-state index < -0.39 is 12.1 Å². The van der Waals surface area contributed by atoms with Gasteiger partial charge >= 0.3 is 5.97 Å². The molecule has 4 nitrogen and oxygen atoms in total. The van der Waals surface area contributed by atoms with Crippen molar-refractivity contribution in [3.63, 3.8) is 0 Å². The van der Waals surface area contributed by atoms with Gasteiger partial charge < -0.3 is 14.6 Å². The highest BCUT2D eigenvalue weighted by Gasteiger charge is 2.37. The summed E-state index contributed by atoms with van der Waals surface area (Å²) in [6.45, 7) is 1.30. The molecule has 68 valence electrons. The van der Waals surface area contributed by atoms with Crippen LogP contribution in [0.25, 0.3) is 0 Å². The number of hydrogen-bond acceptors (Lipinski definition) is 3. The van der Waals surface area contributed by atoms with Crippen LogP contribution in [0.4, 0.5) is 0 Å². The van der Waals surface area contributed by atoms with Crippen molar-refractivity contribution in [1.29, 1.82) is 0 Å². The largest absolute Gasteiger partial charge is 0.479 e. The Kier molecular flexibility index (Phi) is 2.02. The molecule has 0 bridgehead atoms. The first kappa shape index (κ1) is 8.01. The highest BCUT2D eigenvalue weighted by molar-refractivity contribution is 5.72. The van der Waals surface area contributed by atoms with E-state index >= 15 is 0 Å². The van der Waals surface area contributed by atoms with E-state index in [9.17, 15) is 4.79 Å². The van der Waals surface area contributed by atoms with Crippen LogP contribution in [0.1, 0.15) is 12.8 Å². The summed E-state index contributed by atoms with van der Waals surface area (Å²) >= 11 is 0. The highest BCUT2D eigenvalue weighted by atomic mass is 16.6. The standard InChI is InChI=1S/C8H12O4/c9-8(10)6-2-1-5-3-11-4-7(5)12-6/h5-7H,1-4H2,(H,9,10). The van der Waals surface area contributed by atoms with Gasteiger partial charge in [-0.05, 0) is 12.8 Å². The summed E-state index contributed by atoms with van der Waals surface area (Å²) in [6, 6.07) is 0. The maximum absolute atomic E-state index is 10.6. The average molecular weight is 172 g/mol. The number of ether oxygens (including phenoxy) is 2. The van der Waals surface area contributed by atoms with Crippen molar-refractivity contribution in [2.75, 3.05) is 13.2 Å². The Bertz CT molecular complexity index is 191. The molecule has 2 aliphatic rings. The summed E-state index contributed by atoms with van der Waals surface area (Å²) in [4.78, 5) is 10.6. The number of carboxylic acids is 1. The molecule has 2 fully saturated rings. The molecule has 2 rings (SSSR count). The Balaban J connectivity index is 1.96. The lowest BCUT2D eigenvalue weighted by Gasteiger charge is -2.28. The molecule has 0 radical (unpaired) electrons. The van der Waals surface area contributed by atoms with Crippen molar-refractivity contribution >= 4 is 5.97 Å². The maximum Gasteiger partial charge on any atom is 0.332 e.